The second-order valence-corrected chi connectivity index (χ2v) is 11.6. The molecule has 1 aromatic rings. The van der Waals surface area contributed by atoms with Crippen molar-refractivity contribution >= 4 is 0 Å². The number of rotatable bonds is 14. The fraction of sp³-hybridized carbons (Fsp3) is 0.812. The SMILES string of the molecule is CCCCCCC[C@H]1CC[C@H]([C@H]2CC[C@H](CCc3ccc(CCCCC)cc3)CC2)CC1. The van der Waals surface area contributed by atoms with Gasteiger partial charge < -0.3 is 0 Å². The fourth-order valence-corrected chi connectivity index (χ4v) is 6.76. The first-order valence-electron chi connectivity index (χ1n) is 14.9. The molecule has 2 saturated carbocycles. The van der Waals surface area contributed by atoms with Gasteiger partial charge in [0.1, 0.15) is 0 Å². The average molecular weight is 439 g/mol. The maximum absolute atomic E-state index is 2.41. The quantitative estimate of drug-likeness (QED) is 0.253. The predicted octanol–water partition coefficient (Wildman–Crippen LogP) is 10.3. The molecule has 0 atom stereocenters. The Balaban J connectivity index is 1.26. The minimum absolute atomic E-state index is 0.995. The molecule has 32 heavy (non-hydrogen) atoms. The minimum Gasteiger partial charge on any atom is -0.0654 e. The highest BCUT2D eigenvalue weighted by molar-refractivity contribution is 5.22. The van der Waals surface area contributed by atoms with Crippen molar-refractivity contribution in [1.29, 1.82) is 0 Å². The molecule has 2 aliphatic rings. The molecule has 1 aromatic carbocycles. The van der Waals surface area contributed by atoms with E-state index in [1.807, 2.05) is 0 Å². The maximum Gasteiger partial charge on any atom is -0.0276 e. The summed E-state index contributed by atoms with van der Waals surface area (Å²) < 4.78 is 0. The van der Waals surface area contributed by atoms with Crippen molar-refractivity contribution in [2.45, 2.75) is 142 Å². The normalized spacial score (nSPS) is 26.3. The Morgan fingerprint density at radius 3 is 1.53 bits per heavy atom. The Morgan fingerprint density at radius 2 is 0.969 bits per heavy atom. The third-order valence-electron chi connectivity index (χ3n) is 9.10. The summed E-state index contributed by atoms with van der Waals surface area (Å²) in [5.41, 5.74) is 3.10. The van der Waals surface area contributed by atoms with Gasteiger partial charge in [0, 0.05) is 0 Å². The second-order valence-electron chi connectivity index (χ2n) is 11.6. The zero-order valence-corrected chi connectivity index (χ0v) is 21.8. The molecule has 0 aliphatic heterocycles. The van der Waals surface area contributed by atoms with Gasteiger partial charge in [0.15, 0.2) is 0 Å². The predicted molar refractivity (Wildman–Crippen MR) is 142 cm³/mol. The van der Waals surface area contributed by atoms with Crippen molar-refractivity contribution in [2.24, 2.45) is 23.7 Å². The van der Waals surface area contributed by atoms with Gasteiger partial charge in [-0.15, -0.1) is 0 Å². The van der Waals surface area contributed by atoms with Crippen LogP contribution in [0.3, 0.4) is 0 Å². The van der Waals surface area contributed by atoms with E-state index in [2.05, 4.69) is 38.1 Å². The molecule has 0 nitrogen and oxygen atoms in total. The first-order valence-corrected chi connectivity index (χ1v) is 14.9. The molecule has 2 aliphatic carbocycles. The Labute approximate surface area is 201 Å². The fourth-order valence-electron chi connectivity index (χ4n) is 6.76. The number of benzene rings is 1. The van der Waals surface area contributed by atoms with E-state index in [-0.39, 0.29) is 0 Å². The van der Waals surface area contributed by atoms with E-state index < -0.39 is 0 Å². The summed E-state index contributed by atoms with van der Waals surface area (Å²) in [5.74, 6) is 4.21. The topological polar surface area (TPSA) is 0 Å². The summed E-state index contributed by atoms with van der Waals surface area (Å²) in [6.45, 7) is 4.61. The number of hydrogen-bond acceptors (Lipinski definition) is 0. The highest BCUT2D eigenvalue weighted by Gasteiger charge is 2.30. The molecule has 3 rings (SSSR count). The molecule has 2 fully saturated rings. The Morgan fingerprint density at radius 1 is 0.500 bits per heavy atom. The molecule has 0 heterocycles. The average Bonchev–Trinajstić information content (AvgIpc) is 2.84. The monoisotopic (exact) mass is 438 g/mol. The minimum atomic E-state index is 0.995. The molecule has 0 spiro atoms. The molecule has 0 radical (unpaired) electrons. The van der Waals surface area contributed by atoms with Crippen molar-refractivity contribution in [2.75, 3.05) is 0 Å². The molecule has 0 bridgehead atoms. The van der Waals surface area contributed by atoms with Crippen molar-refractivity contribution in [3.8, 4) is 0 Å². The van der Waals surface area contributed by atoms with Gasteiger partial charge in [-0.2, -0.15) is 0 Å². The second kappa shape index (κ2) is 15.2. The van der Waals surface area contributed by atoms with Crippen molar-refractivity contribution < 1.29 is 0 Å². The zero-order valence-electron chi connectivity index (χ0n) is 21.8. The van der Waals surface area contributed by atoms with Gasteiger partial charge in [0.2, 0.25) is 0 Å². The Kier molecular flexibility index (Phi) is 12.3. The summed E-state index contributed by atoms with van der Waals surface area (Å²) >= 11 is 0. The van der Waals surface area contributed by atoms with Gasteiger partial charge in [-0.1, -0.05) is 115 Å². The third kappa shape index (κ3) is 9.23. The van der Waals surface area contributed by atoms with Gasteiger partial charge in [0.05, 0.1) is 0 Å². The van der Waals surface area contributed by atoms with Crippen LogP contribution in [-0.4, -0.2) is 0 Å². The lowest BCUT2D eigenvalue weighted by Crippen LogP contribution is -2.26. The molecule has 0 unspecified atom stereocenters. The van der Waals surface area contributed by atoms with Crippen LogP contribution in [0.2, 0.25) is 0 Å². The van der Waals surface area contributed by atoms with E-state index in [1.165, 1.54) is 108 Å². The summed E-state index contributed by atoms with van der Waals surface area (Å²) in [7, 11) is 0. The van der Waals surface area contributed by atoms with E-state index in [0.717, 1.165) is 23.7 Å². The Hall–Kier alpha value is -0.780. The molecule has 0 saturated heterocycles. The highest BCUT2D eigenvalue weighted by atomic mass is 14.4. The van der Waals surface area contributed by atoms with E-state index in [4.69, 9.17) is 0 Å². The molecule has 0 amide bonds. The standard InChI is InChI=1S/C32H54/c1-3-5-7-8-10-12-28-19-23-31(24-20-28)32-25-21-30(22-26-32)18-17-29-15-13-27(14-16-29)11-9-6-4-2/h13-16,28,30-32H,3-12,17-26H2,1-2H3/t28-,30-,31-,32-. The highest BCUT2D eigenvalue weighted by Crippen LogP contribution is 2.43. The van der Waals surface area contributed by atoms with Crippen LogP contribution in [0.1, 0.15) is 141 Å². The molecule has 0 aromatic heterocycles. The van der Waals surface area contributed by atoms with Crippen LogP contribution in [0.25, 0.3) is 0 Å². The number of hydrogen-bond donors (Lipinski definition) is 0. The van der Waals surface area contributed by atoms with Crippen LogP contribution < -0.4 is 0 Å². The maximum atomic E-state index is 2.41. The van der Waals surface area contributed by atoms with E-state index >= 15 is 0 Å². The molecule has 0 N–H and O–H groups in total. The van der Waals surface area contributed by atoms with Gasteiger partial charge in [-0.05, 0) is 86.2 Å². The lowest BCUT2D eigenvalue weighted by Gasteiger charge is -2.38. The van der Waals surface area contributed by atoms with Crippen LogP contribution in [0.4, 0.5) is 0 Å². The summed E-state index contributed by atoms with van der Waals surface area (Å²) in [6, 6.07) is 9.61. The first-order chi connectivity index (χ1) is 15.8. The molecular weight excluding hydrogens is 384 g/mol. The van der Waals surface area contributed by atoms with Crippen LogP contribution in [-0.2, 0) is 12.8 Å². The summed E-state index contributed by atoms with van der Waals surface area (Å²) in [6.07, 6.45) is 29.1. The van der Waals surface area contributed by atoms with E-state index in [9.17, 15) is 0 Å². The van der Waals surface area contributed by atoms with E-state index in [1.54, 1.807) is 31.2 Å². The smallest absolute Gasteiger partial charge is 0.0276 e. The van der Waals surface area contributed by atoms with Crippen LogP contribution in [0.15, 0.2) is 24.3 Å². The van der Waals surface area contributed by atoms with Crippen molar-refractivity contribution in [1.82, 2.24) is 0 Å². The number of aryl methyl sites for hydroxylation is 2. The molecule has 182 valence electrons. The first kappa shape index (κ1) is 25.8. The van der Waals surface area contributed by atoms with Gasteiger partial charge in [0.25, 0.3) is 0 Å². The van der Waals surface area contributed by atoms with Crippen LogP contribution in [0, 0.1) is 23.7 Å². The van der Waals surface area contributed by atoms with Crippen molar-refractivity contribution in [3.63, 3.8) is 0 Å². The zero-order chi connectivity index (χ0) is 22.4. The van der Waals surface area contributed by atoms with Crippen LogP contribution in [0.5, 0.6) is 0 Å². The summed E-state index contributed by atoms with van der Waals surface area (Å²) in [4.78, 5) is 0. The lowest BCUT2D eigenvalue weighted by molar-refractivity contribution is 0.140. The Bertz CT molecular complexity index is 569. The largest absolute Gasteiger partial charge is 0.0654 e. The van der Waals surface area contributed by atoms with Crippen molar-refractivity contribution in [3.05, 3.63) is 35.4 Å². The summed E-state index contributed by atoms with van der Waals surface area (Å²) in [5, 5.41) is 0. The molecule has 0 heteroatoms. The van der Waals surface area contributed by atoms with E-state index in [0.29, 0.717) is 0 Å². The number of unbranched alkanes of at least 4 members (excludes halogenated alkanes) is 6. The van der Waals surface area contributed by atoms with Gasteiger partial charge >= 0.3 is 0 Å². The third-order valence-corrected chi connectivity index (χ3v) is 9.10. The van der Waals surface area contributed by atoms with Crippen LogP contribution >= 0.6 is 0 Å². The van der Waals surface area contributed by atoms with Gasteiger partial charge in [-0.25, -0.2) is 0 Å². The van der Waals surface area contributed by atoms with Gasteiger partial charge in [-0.3, -0.25) is 0 Å². The molecular formula is C32H54. The lowest BCUT2D eigenvalue weighted by atomic mass is 9.68.